The largest absolute Gasteiger partial charge is 0.465 e. The van der Waals surface area contributed by atoms with Crippen LogP contribution in [-0.4, -0.2) is 29.9 Å². The number of carboxylic acid groups (broad SMARTS) is 1. The fraction of sp³-hybridized carbons (Fsp3) is 0.385. The maximum atomic E-state index is 11.7. The molecule has 0 atom stereocenters. The highest BCUT2D eigenvalue weighted by Gasteiger charge is 2.19. The maximum absolute atomic E-state index is 11.7. The van der Waals surface area contributed by atoms with Gasteiger partial charge in [0.15, 0.2) is 0 Å². The van der Waals surface area contributed by atoms with E-state index in [1.165, 1.54) is 13.1 Å². The molecule has 0 radical (unpaired) electrons. The van der Waals surface area contributed by atoms with Gasteiger partial charge in [0.2, 0.25) is 0 Å². The molecule has 0 fully saturated rings. The highest BCUT2D eigenvalue weighted by atomic mass is 79.9. The molecule has 0 aliphatic heterocycles. The first-order valence-electron chi connectivity index (χ1n) is 5.97. The van der Waals surface area contributed by atoms with Crippen molar-refractivity contribution in [1.29, 1.82) is 0 Å². The predicted molar refractivity (Wildman–Crippen MR) is 85.4 cm³/mol. The van der Waals surface area contributed by atoms with Crippen LogP contribution in [0.4, 0.5) is 21.0 Å². The van der Waals surface area contributed by atoms with Crippen LogP contribution in [0, 0.1) is 0 Å². The van der Waals surface area contributed by atoms with Gasteiger partial charge in [0.25, 0.3) is 0 Å². The van der Waals surface area contributed by atoms with Crippen molar-refractivity contribution in [2.75, 3.05) is 17.3 Å². The van der Waals surface area contributed by atoms with E-state index in [9.17, 15) is 9.59 Å². The number of benzene rings is 1. The van der Waals surface area contributed by atoms with Crippen molar-refractivity contribution in [1.82, 2.24) is 0 Å². The van der Waals surface area contributed by atoms with Crippen LogP contribution >= 0.6 is 27.5 Å². The summed E-state index contributed by atoms with van der Waals surface area (Å²) in [5.74, 6) is 0. The first-order chi connectivity index (χ1) is 9.51. The van der Waals surface area contributed by atoms with Gasteiger partial charge in [-0.05, 0) is 48.8 Å². The number of hydrogen-bond donors (Lipinski definition) is 2. The van der Waals surface area contributed by atoms with E-state index in [2.05, 4.69) is 21.2 Å². The number of halogens is 2. The second-order valence-electron chi connectivity index (χ2n) is 5.26. The molecule has 8 heteroatoms. The Labute approximate surface area is 136 Å². The number of hydrogen-bond acceptors (Lipinski definition) is 3. The van der Waals surface area contributed by atoms with Crippen LogP contribution in [0.2, 0.25) is 5.02 Å². The highest BCUT2D eigenvalue weighted by molar-refractivity contribution is 9.10. The zero-order chi connectivity index (χ0) is 16.4. The number of ether oxygens (including phenoxy) is 1. The van der Waals surface area contributed by atoms with Gasteiger partial charge in [-0.3, -0.25) is 10.2 Å². The van der Waals surface area contributed by atoms with Crippen LogP contribution in [0.1, 0.15) is 20.8 Å². The fourth-order valence-electron chi connectivity index (χ4n) is 1.42. The van der Waals surface area contributed by atoms with E-state index in [1.807, 2.05) is 0 Å². The molecule has 1 rings (SSSR count). The third-order valence-corrected chi connectivity index (χ3v) is 3.55. The van der Waals surface area contributed by atoms with Crippen molar-refractivity contribution in [2.24, 2.45) is 0 Å². The molecule has 0 unspecified atom stereocenters. The van der Waals surface area contributed by atoms with E-state index in [1.54, 1.807) is 26.8 Å². The average Bonchev–Trinajstić information content (AvgIpc) is 2.29. The Bertz CT molecular complexity index is 572. The summed E-state index contributed by atoms with van der Waals surface area (Å²) in [5, 5.41) is 11.8. The Balaban J connectivity index is 3.05. The molecule has 6 nitrogen and oxygen atoms in total. The Morgan fingerprint density at radius 3 is 2.43 bits per heavy atom. The summed E-state index contributed by atoms with van der Waals surface area (Å²) >= 11 is 9.27. The Kier molecular flexibility index (Phi) is 5.47. The monoisotopic (exact) mass is 378 g/mol. The molecule has 116 valence electrons. The van der Waals surface area contributed by atoms with E-state index in [-0.39, 0.29) is 10.7 Å². The lowest BCUT2D eigenvalue weighted by atomic mass is 10.2. The van der Waals surface area contributed by atoms with Crippen molar-refractivity contribution in [3.05, 3.63) is 21.6 Å². The average molecular weight is 380 g/mol. The minimum absolute atomic E-state index is 0.231. The SMILES string of the molecule is CN(C(=O)O)c1cc(NC(=O)OC(C)(C)C)cc(Br)c1Cl. The molecule has 0 aliphatic carbocycles. The lowest BCUT2D eigenvalue weighted by Gasteiger charge is -2.21. The van der Waals surface area contributed by atoms with E-state index < -0.39 is 17.8 Å². The topological polar surface area (TPSA) is 78.9 Å². The molecular weight excluding hydrogens is 364 g/mol. The van der Waals surface area contributed by atoms with Gasteiger partial charge in [-0.25, -0.2) is 9.59 Å². The number of carbonyl (C=O) groups excluding carboxylic acids is 1. The smallest absolute Gasteiger partial charge is 0.412 e. The number of anilines is 2. The van der Waals surface area contributed by atoms with Crippen LogP contribution in [0.25, 0.3) is 0 Å². The normalized spacial score (nSPS) is 11.0. The quantitative estimate of drug-likeness (QED) is 0.789. The molecule has 0 aromatic heterocycles. The minimum Gasteiger partial charge on any atom is -0.465 e. The fourth-order valence-corrected chi connectivity index (χ4v) is 2.10. The molecular formula is C13H16BrClN2O4. The first kappa shape index (κ1) is 17.6. The highest BCUT2D eigenvalue weighted by Crippen LogP contribution is 2.36. The molecule has 21 heavy (non-hydrogen) atoms. The Morgan fingerprint density at radius 1 is 1.38 bits per heavy atom. The summed E-state index contributed by atoms with van der Waals surface area (Å²) in [6.45, 7) is 5.23. The summed E-state index contributed by atoms with van der Waals surface area (Å²) in [4.78, 5) is 23.7. The van der Waals surface area contributed by atoms with Crippen molar-refractivity contribution < 1.29 is 19.4 Å². The van der Waals surface area contributed by atoms with Crippen molar-refractivity contribution in [3.63, 3.8) is 0 Å². The number of rotatable bonds is 2. The minimum atomic E-state index is -1.17. The lowest BCUT2D eigenvalue weighted by Crippen LogP contribution is -2.27. The molecule has 0 spiro atoms. The van der Waals surface area contributed by atoms with E-state index in [4.69, 9.17) is 21.4 Å². The lowest BCUT2D eigenvalue weighted by molar-refractivity contribution is 0.0636. The third-order valence-electron chi connectivity index (χ3n) is 2.30. The summed E-state index contributed by atoms with van der Waals surface area (Å²) < 4.78 is 5.59. The molecule has 0 saturated heterocycles. The van der Waals surface area contributed by atoms with Crippen molar-refractivity contribution in [3.8, 4) is 0 Å². The predicted octanol–water partition coefficient (Wildman–Crippen LogP) is 4.56. The molecule has 0 aliphatic rings. The van der Waals surface area contributed by atoms with Crippen LogP contribution in [-0.2, 0) is 4.74 Å². The number of nitrogens with one attached hydrogen (secondary N) is 1. The molecule has 2 amide bonds. The van der Waals surface area contributed by atoms with Gasteiger partial charge in [0.1, 0.15) is 5.60 Å². The maximum Gasteiger partial charge on any atom is 0.412 e. The van der Waals surface area contributed by atoms with Crippen molar-refractivity contribution in [2.45, 2.75) is 26.4 Å². The van der Waals surface area contributed by atoms with Gasteiger partial charge in [-0.2, -0.15) is 0 Å². The molecule has 1 aromatic carbocycles. The van der Waals surface area contributed by atoms with E-state index in [0.29, 0.717) is 10.2 Å². The number of amides is 2. The van der Waals surface area contributed by atoms with E-state index in [0.717, 1.165) is 4.90 Å². The second kappa shape index (κ2) is 6.53. The van der Waals surface area contributed by atoms with Crippen LogP contribution in [0.15, 0.2) is 16.6 Å². The zero-order valence-corrected chi connectivity index (χ0v) is 14.4. The van der Waals surface area contributed by atoms with Gasteiger partial charge >= 0.3 is 12.2 Å². The van der Waals surface area contributed by atoms with Gasteiger partial charge in [0, 0.05) is 17.2 Å². The zero-order valence-electron chi connectivity index (χ0n) is 12.0. The summed E-state index contributed by atoms with van der Waals surface area (Å²) in [6, 6.07) is 3.01. The van der Waals surface area contributed by atoms with Gasteiger partial charge < -0.3 is 9.84 Å². The molecule has 2 N–H and O–H groups in total. The molecule has 1 aromatic rings. The van der Waals surface area contributed by atoms with Crippen molar-refractivity contribution >= 4 is 51.1 Å². The first-order valence-corrected chi connectivity index (χ1v) is 7.14. The molecule has 0 heterocycles. The molecule has 0 saturated carbocycles. The second-order valence-corrected chi connectivity index (χ2v) is 6.49. The van der Waals surface area contributed by atoms with Gasteiger partial charge in [0.05, 0.1) is 10.7 Å². The van der Waals surface area contributed by atoms with Crippen LogP contribution < -0.4 is 10.2 Å². The molecule has 0 bridgehead atoms. The number of carbonyl (C=O) groups is 2. The van der Waals surface area contributed by atoms with E-state index >= 15 is 0 Å². The standard InChI is InChI=1S/C13H16BrClN2O4/c1-13(2,3)21-11(18)16-7-5-8(14)10(15)9(6-7)17(4)12(19)20/h5-6H,1-4H3,(H,16,18)(H,19,20). The third kappa shape index (κ3) is 5.09. The van der Waals surface area contributed by atoms with Crippen LogP contribution in [0.5, 0.6) is 0 Å². The Hall–Kier alpha value is -1.47. The van der Waals surface area contributed by atoms with Crippen LogP contribution in [0.3, 0.4) is 0 Å². The van der Waals surface area contributed by atoms with Gasteiger partial charge in [-0.1, -0.05) is 11.6 Å². The summed E-state index contributed by atoms with van der Waals surface area (Å²) in [6.07, 6.45) is -1.81. The Morgan fingerprint density at radius 2 is 1.95 bits per heavy atom. The van der Waals surface area contributed by atoms with Gasteiger partial charge in [-0.15, -0.1) is 0 Å². The summed E-state index contributed by atoms with van der Waals surface area (Å²) in [7, 11) is 1.35. The summed E-state index contributed by atoms with van der Waals surface area (Å²) in [5.41, 5.74) is -0.0257. The number of nitrogens with zero attached hydrogens (tertiary/aromatic N) is 1.